The molecule has 2 rings (SSSR count). The smallest absolute Gasteiger partial charge is 0.241 e. The summed E-state index contributed by atoms with van der Waals surface area (Å²) in [5, 5.41) is 0. The van der Waals surface area contributed by atoms with Gasteiger partial charge in [-0.05, 0) is 31.2 Å². The van der Waals surface area contributed by atoms with Gasteiger partial charge in [0.05, 0.1) is 18.6 Å². The zero-order valence-electron chi connectivity index (χ0n) is 14.6. The van der Waals surface area contributed by atoms with Crippen molar-refractivity contribution in [2.24, 2.45) is 0 Å². The summed E-state index contributed by atoms with van der Waals surface area (Å²) >= 11 is 0. The molecule has 1 atom stereocenters. The summed E-state index contributed by atoms with van der Waals surface area (Å²) in [7, 11) is -1.21. The maximum absolute atomic E-state index is 14.2. The summed E-state index contributed by atoms with van der Waals surface area (Å²) in [5.74, 6) is 0.458. The number of benzene rings is 1. The SMILES string of the molecule is CCc1ccc(C(COC)NS(=O)(=O)c2ccc(OC)c(F)c2C)o1. The second-order valence-corrected chi connectivity index (χ2v) is 7.17. The minimum atomic E-state index is -3.99. The van der Waals surface area contributed by atoms with Gasteiger partial charge in [-0.25, -0.2) is 12.8 Å². The van der Waals surface area contributed by atoms with Crippen LogP contribution in [0.15, 0.2) is 33.6 Å². The number of aryl methyl sites for hydroxylation is 1. The molecular weight excluding hydrogens is 349 g/mol. The van der Waals surface area contributed by atoms with Gasteiger partial charge in [-0.2, -0.15) is 4.72 Å². The van der Waals surface area contributed by atoms with Gasteiger partial charge in [0, 0.05) is 19.1 Å². The molecule has 1 heterocycles. The number of sulfonamides is 1. The molecule has 8 heteroatoms. The number of ether oxygens (including phenoxy) is 2. The van der Waals surface area contributed by atoms with Gasteiger partial charge in [0.1, 0.15) is 17.6 Å². The van der Waals surface area contributed by atoms with Crippen LogP contribution in [-0.2, 0) is 21.2 Å². The summed E-state index contributed by atoms with van der Waals surface area (Å²) in [6, 6.07) is 5.35. The standard InChI is InChI=1S/C17H22FNO5S/c1-5-12-6-7-14(24-12)13(10-22-3)19-25(20,21)16-9-8-15(23-4)17(18)11(16)2/h6-9,13,19H,5,10H2,1-4H3. The Morgan fingerprint density at radius 1 is 1.24 bits per heavy atom. The molecule has 0 amide bonds. The van der Waals surface area contributed by atoms with E-state index < -0.39 is 21.9 Å². The second kappa shape index (κ2) is 7.99. The predicted molar refractivity (Wildman–Crippen MR) is 90.7 cm³/mol. The normalized spacial score (nSPS) is 13.0. The van der Waals surface area contributed by atoms with Crippen LogP contribution in [0.2, 0.25) is 0 Å². The third kappa shape index (κ3) is 4.20. The third-order valence-electron chi connectivity index (χ3n) is 3.82. The van der Waals surface area contributed by atoms with Gasteiger partial charge in [-0.3, -0.25) is 0 Å². The highest BCUT2D eigenvalue weighted by Crippen LogP contribution is 2.27. The molecule has 1 N–H and O–H groups in total. The van der Waals surface area contributed by atoms with E-state index in [1.807, 2.05) is 6.92 Å². The van der Waals surface area contributed by atoms with E-state index in [0.717, 1.165) is 5.76 Å². The van der Waals surface area contributed by atoms with E-state index in [1.165, 1.54) is 33.3 Å². The average Bonchev–Trinajstić information content (AvgIpc) is 3.05. The molecule has 1 aromatic heterocycles. The molecule has 1 aromatic carbocycles. The third-order valence-corrected chi connectivity index (χ3v) is 5.43. The maximum Gasteiger partial charge on any atom is 0.241 e. The summed E-state index contributed by atoms with van der Waals surface area (Å²) in [6.07, 6.45) is 0.690. The molecule has 0 saturated heterocycles. The quantitative estimate of drug-likeness (QED) is 0.772. The molecule has 25 heavy (non-hydrogen) atoms. The number of hydrogen-bond acceptors (Lipinski definition) is 5. The summed E-state index contributed by atoms with van der Waals surface area (Å²) in [4.78, 5) is -0.158. The van der Waals surface area contributed by atoms with E-state index in [0.29, 0.717) is 12.2 Å². The fraction of sp³-hybridized carbons (Fsp3) is 0.412. The minimum Gasteiger partial charge on any atom is -0.494 e. The van der Waals surface area contributed by atoms with Crippen molar-refractivity contribution in [3.63, 3.8) is 0 Å². The molecule has 0 saturated carbocycles. The van der Waals surface area contributed by atoms with Crippen molar-refractivity contribution in [2.75, 3.05) is 20.8 Å². The Hall–Kier alpha value is -1.90. The number of hydrogen-bond donors (Lipinski definition) is 1. The van der Waals surface area contributed by atoms with Gasteiger partial charge in [-0.1, -0.05) is 6.92 Å². The molecule has 0 aliphatic heterocycles. The van der Waals surface area contributed by atoms with Crippen LogP contribution < -0.4 is 9.46 Å². The van der Waals surface area contributed by atoms with Crippen molar-refractivity contribution in [1.29, 1.82) is 0 Å². The molecule has 2 aromatic rings. The highest BCUT2D eigenvalue weighted by molar-refractivity contribution is 7.89. The Balaban J connectivity index is 2.36. The Bertz CT molecular complexity index is 832. The van der Waals surface area contributed by atoms with Crippen molar-refractivity contribution < 1.29 is 26.7 Å². The summed E-state index contributed by atoms with van der Waals surface area (Å²) in [6.45, 7) is 3.40. The molecule has 0 bridgehead atoms. The van der Waals surface area contributed by atoms with Gasteiger partial charge in [0.25, 0.3) is 0 Å². The fourth-order valence-electron chi connectivity index (χ4n) is 2.45. The van der Waals surface area contributed by atoms with Crippen LogP contribution in [0, 0.1) is 12.7 Å². The Morgan fingerprint density at radius 3 is 2.52 bits per heavy atom. The van der Waals surface area contributed by atoms with Crippen molar-refractivity contribution in [3.8, 4) is 5.75 Å². The van der Waals surface area contributed by atoms with E-state index >= 15 is 0 Å². The number of nitrogens with one attached hydrogen (secondary N) is 1. The van der Waals surface area contributed by atoms with Crippen LogP contribution >= 0.6 is 0 Å². The molecule has 1 unspecified atom stereocenters. The molecule has 0 spiro atoms. The zero-order chi connectivity index (χ0) is 18.6. The second-order valence-electron chi connectivity index (χ2n) is 5.49. The number of halogens is 1. The molecular formula is C17H22FNO5S. The number of methoxy groups -OCH3 is 2. The number of rotatable bonds is 8. The molecule has 138 valence electrons. The van der Waals surface area contributed by atoms with Crippen LogP contribution in [-0.4, -0.2) is 29.2 Å². The van der Waals surface area contributed by atoms with Crippen LogP contribution in [0.5, 0.6) is 5.75 Å². The van der Waals surface area contributed by atoms with Gasteiger partial charge in [-0.15, -0.1) is 0 Å². The summed E-state index contributed by atoms with van der Waals surface area (Å²) in [5.41, 5.74) is -0.0169. The lowest BCUT2D eigenvalue weighted by Crippen LogP contribution is -2.31. The first-order chi connectivity index (χ1) is 11.8. The van der Waals surface area contributed by atoms with Crippen molar-refractivity contribution in [2.45, 2.75) is 31.2 Å². The largest absolute Gasteiger partial charge is 0.494 e. The number of furan rings is 1. The maximum atomic E-state index is 14.2. The first-order valence-electron chi connectivity index (χ1n) is 7.77. The van der Waals surface area contributed by atoms with Crippen molar-refractivity contribution in [3.05, 3.63) is 47.2 Å². The van der Waals surface area contributed by atoms with Gasteiger partial charge in [0.2, 0.25) is 10.0 Å². The Morgan fingerprint density at radius 2 is 1.96 bits per heavy atom. The highest BCUT2D eigenvalue weighted by Gasteiger charge is 2.27. The van der Waals surface area contributed by atoms with Gasteiger partial charge in [0.15, 0.2) is 11.6 Å². The van der Waals surface area contributed by atoms with E-state index in [9.17, 15) is 12.8 Å². The van der Waals surface area contributed by atoms with Crippen molar-refractivity contribution >= 4 is 10.0 Å². The van der Waals surface area contributed by atoms with Gasteiger partial charge < -0.3 is 13.9 Å². The zero-order valence-corrected chi connectivity index (χ0v) is 15.4. The van der Waals surface area contributed by atoms with E-state index in [4.69, 9.17) is 13.9 Å². The average molecular weight is 371 g/mol. The van der Waals surface area contributed by atoms with Crippen LogP contribution in [0.3, 0.4) is 0 Å². The Labute approximate surface area is 147 Å². The first-order valence-corrected chi connectivity index (χ1v) is 9.25. The van der Waals surface area contributed by atoms with Crippen LogP contribution in [0.1, 0.15) is 30.0 Å². The molecule has 0 aliphatic rings. The van der Waals surface area contributed by atoms with E-state index in [2.05, 4.69) is 4.72 Å². The lowest BCUT2D eigenvalue weighted by Gasteiger charge is -2.17. The van der Waals surface area contributed by atoms with Crippen molar-refractivity contribution in [1.82, 2.24) is 4.72 Å². The van der Waals surface area contributed by atoms with Crippen LogP contribution in [0.4, 0.5) is 4.39 Å². The lowest BCUT2D eigenvalue weighted by atomic mass is 10.2. The molecule has 0 fully saturated rings. The summed E-state index contributed by atoms with van der Waals surface area (Å²) < 4.78 is 57.7. The lowest BCUT2D eigenvalue weighted by molar-refractivity contribution is 0.166. The van der Waals surface area contributed by atoms with Crippen LogP contribution in [0.25, 0.3) is 0 Å². The highest BCUT2D eigenvalue weighted by atomic mass is 32.2. The predicted octanol–water partition coefficient (Wildman–Crippen LogP) is 2.96. The fourth-order valence-corrected chi connectivity index (χ4v) is 3.88. The molecule has 0 radical (unpaired) electrons. The first kappa shape index (κ1) is 19.4. The minimum absolute atomic E-state index is 0.0106. The van der Waals surface area contributed by atoms with E-state index in [-0.39, 0.29) is 22.8 Å². The van der Waals surface area contributed by atoms with Gasteiger partial charge >= 0.3 is 0 Å². The Kier molecular flexibility index (Phi) is 6.21. The molecule has 6 nitrogen and oxygen atoms in total. The molecule has 0 aliphatic carbocycles. The monoisotopic (exact) mass is 371 g/mol. The topological polar surface area (TPSA) is 77.8 Å². The van der Waals surface area contributed by atoms with E-state index in [1.54, 1.807) is 12.1 Å².